The molecule has 0 spiro atoms. The summed E-state index contributed by atoms with van der Waals surface area (Å²) in [6, 6.07) is 7.56. The highest BCUT2D eigenvalue weighted by molar-refractivity contribution is 5.94. The number of halogens is 1. The Labute approximate surface area is 174 Å². The lowest BCUT2D eigenvalue weighted by molar-refractivity contribution is -0.125. The van der Waals surface area contributed by atoms with Crippen LogP contribution in [0.2, 0.25) is 0 Å². The molecule has 6 N–H and O–H groups in total. The van der Waals surface area contributed by atoms with Crippen molar-refractivity contribution in [2.45, 2.75) is 63.6 Å². The zero-order chi connectivity index (χ0) is 19.2. The number of hydrogen-bond acceptors (Lipinski definition) is 4. The SMILES string of the molecule is Cl.N=C(N)c1ccc(CNC(=O)[C@@H]2CCCN2C[C@H](N)C2CCCCC2)cc1. The number of likely N-dealkylation sites (tertiary alicyclic amines) is 1. The molecule has 28 heavy (non-hydrogen) atoms. The van der Waals surface area contributed by atoms with Gasteiger partial charge in [-0.15, -0.1) is 12.4 Å². The van der Waals surface area contributed by atoms with Crippen LogP contribution in [0.1, 0.15) is 56.1 Å². The van der Waals surface area contributed by atoms with E-state index in [2.05, 4.69) is 10.2 Å². The van der Waals surface area contributed by atoms with Gasteiger partial charge in [0.2, 0.25) is 5.91 Å². The maximum Gasteiger partial charge on any atom is 0.237 e. The largest absolute Gasteiger partial charge is 0.384 e. The molecule has 1 saturated heterocycles. The van der Waals surface area contributed by atoms with Gasteiger partial charge in [-0.1, -0.05) is 43.5 Å². The monoisotopic (exact) mass is 407 g/mol. The summed E-state index contributed by atoms with van der Waals surface area (Å²) in [6.07, 6.45) is 8.38. The Hall–Kier alpha value is -1.63. The van der Waals surface area contributed by atoms with Crippen LogP contribution < -0.4 is 16.8 Å². The highest BCUT2D eigenvalue weighted by atomic mass is 35.5. The van der Waals surface area contributed by atoms with E-state index in [4.69, 9.17) is 16.9 Å². The van der Waals surface area contributed by atoms with Gasteiger partial charge in [-0.2, -0.15) is 0 Å². The molecular weight excluding hydrogens is 374 g/mol. The van der Waals surface area contributed by atoms with Crippen molar-refractivity contribution in [3.05, 3.63) is 35.4 Å². The summed E-state index contributed by atoms with van der Waals surface area (Å²) < 4.78 is 0. The quantitative estimate of drug-likeness (QED) is 0.411. The molecule has 1 aromatic rings. The predicted molar refractivity (Wildman–Crippen MR) is 116 cm³/mol. The molecule has 156 valence electrons. The number of rotatable bonds is 7. The van der Waals surface area contributed by atoms with Gasteiger partial charge in [0.1, 0.15) is 5.84 Å². The van der Waals surface area contributed by atoms with E-state index in [-0.39, 0.29) is 36.2 Å². The maximum absolute atomic E-state index is 12.7. The molecule has 0 unspecified atom stereocenters. The predicted octanol–water partition coefficient (Wildman–Crippen LogP) is 2.38. The summed E-state index contributed by atoms with van der Waals surface area (Å²) in [4.78, 5) is 15.0. The number of nitrogens with two attached hydrogens (primary N) is 2. The Morgan fingerprint density at radius 2 is 1.82 bits per heavy atom. The number of amides is 1. The molecule has 2 atom stereocenters. The smallest absolute Gasteiger partial charge is 0.237 e. The van der Waals surface area contributed by atoms with Crippen molar-refractivity contribution in [3.63, 3.8) is 0 Å². The molecule has 2 fully saturated rings. The van der Waals surface area contributed by atoms with E-state index >= 15 is 0 Å². The number of nitrogens with one attached hydrogen (secondary N) is 2. The molecule has 7 heteroatoms. The lowest BCUT2D eigenvalue weighted by Crippen LogP contribution is -2.49. The van der Waals surface area contributed by atoms with Gasteiger partial charge in [-0.3, -0.25) is 15.1 Å². The molecule has 0 radical (unpaired) electrons. The van der Waals surface area contributed by atoms with Gasteiger partial charge in [-0.25, -0.2) is 0 Å². The van der Waals surface area contributed by atoms with Gasteiger partial charge in [-0.05, 0) is 43.7 Å². The van der Waals surface area contributed by atoms with Gasteiger partial charge < -0.3 is 16.8 Å². The summed E-state index contributed by atoms with van der Waals surface area (Å²) in [7, 11) is 0. The third kappa shape index (κ3) is 5.93. The van der Waals surface area contributed by atoms with E-state index < -0.39 is 0 Å². The van der Waals surface area contributed by atoms with Crippen LogP contribution in [-0.4, -0.2) is 41.8 Å². The molecule has 1 heterocycles. The van der Waals surface area contributed by atoms with Crippen molar-refractivity contribution in [3.8, 4) is 0 Å². The lowest BCUT2D eigenvalue weighted by atomic mass is 9.84. The summed E-state index contributed by atoms with van der Waals surface area (Å²) in [5, 5.41) is 10.5. The van der Waals surface area contributed by atoms with E-state index in [1.165, 1.54) is 32.1 Å². The van der Waals surface area contributed by atoms with Gasteiger partial charge >= 0.3 is 0 Å². The van der Waals surface area contributed by atoms with E-state index in [0.717, 1.165) is 31.5 Å². The fraction of sp³-hybridized carbons (Fsp3) is 0.619. The molecular formula is C21H34ClN5O. The molecule has 1 saturated carbocycles. The standard InChI is InChI=1S/C21H33N5O.ClH/c22-18(16-5-2-1-3-6-16)14-26-12-4-7-19(26)21(27)25-13-15-8-10-17(11-9-15)20(23)24;/h8-11,16,18-19H,1-7,12-14,22H2,(H3,23,24)(H,25,27);1H/t18-,19-;/m0./s1. The van der Waals surface area contributed by atoms with Gasteiger partial charge in [0.25, 0.3) is 0 Å². The Morgan fingerprint density at radius 1 is 1.14 bits per heavy atom. The van der Waals surface area contributed by atoms with Crippen molar-refractivity contribution in [1.29, 1.82) is 5.41 Å². The molecule has 1 aliphatic heterocycles. The number of benzene rings is 1. The Kier molecular flexibility index (Phi) is 8.73. The highest BCUT2D eigenvalue weighted by Crippen LogP contribution is 2.27. The van der Waals surface area contributed by atoms with Gasteiger partial charge in [0.05, 0.1) is 6.04 Å². The minimum atomic E-state index is -0.0591. The molecule has 0 bridgehead atoms. The number of nitrogen functional groups attached to an aromatic ring is 1. The van der Waals surface area contributed by atoms with Crippen molar-refractivity contribution < 1.29 is 4.79 Å². The second-order valence-electron chi connectivity index (χ2n) is 8.04. The van der Waals surface area contributed by atoms with Crippen molar-refractivity contribution in [1.82, 2.24) is 10.2 Å². The number of nitrogens with zero attached hydrogens (tertiary/aromatic N) is 1. The van der Waals surface area contributed by atoms with Crippen molar-refractivity contribution in [2.75, 3.05) is 13.1 Å². The minimum Gasteiger partial charge on any atom is -0.384 e. The molecule has 1 aliphatic carbocycles. The van der Waals surface area contributed by atoms with Crippen LogP contribution in [0.15, 0.2) is 24.3 Å². The number of hydrogen-bond donors (Lipinski definition) is 4. The zero-order valence-electron chi connectivity index (χ0n) is 16.5. The number of amidine groups is 1. The van der Waals surface area contributed by atoms with Crippen LogP contribution in [0.5, 0.6) is 0 Å². The summed E-state index contributed by atoms with van der Waals surface area (Å²) in [5.74, 6) is 0.767. The Morgan fingerprint density at radius 3 is 2.46 bits per heavy atom. The fourth-order valence-electron chi connectivity index (χ4n) is 4.43. The lowest BCUT2D eigenvalue weighted by Gasteiger charge is -2.32. The molecule has 1 amide bonds. The first-order valence-electron chi connectivity index (χ1n) is 10.3. The zero-order valence-corrected chi connectivity index (χ0v) is 17.3. The Balaban J connectivity index is 0.00000280. The van der Waals surface area contributed by atoms with Crippen LogP contribution in [0.4, 0.5) is 0 Å². The average Bonchev–Trinajstić information content (AvgIpc) is 3.15. The first-order chi connectivity index (χ1) is 13.0. The fourth-order valence-corrected chi connectivity index (χ4v) is 4.43. The van der Waals surface area contributed by atoms with Crippen molar-refractivity contribution in [2.24, 2.45) is 17.4 Å². The van der Waals surface area contributed by atoms with E-state index in [1.54, 1.807) is 0 Å². The second-order valence-corrected chi connectivity index (χ2v) is 8.04. The molecule has 1 aromatic carbocycles. The molecule has 6 nitrogen and oxygen atoms in total. The first kappa shape index (κ1) is 22.7. The van der Waals surface area contributed by atoms with Crippen molar-refractivity contribution >= 4 is 24.1 Å². The summed E-state index contributed by atoms with van der Waals surface area (Å²) in [5.41, 5.74) is 13.7. The maximum atomic E-state index is 12.7. The van der Waals surface area contributed by atoms with E-state index in [9.17, 15) is 4.79 Å². The van der Waals surface area contributed by atoms with E-state index in [0.29, 0.717) is 18.0 Å². The molecule has 2 aliphatic rings. The van der Waals surface area contributed by atoms with E-state index in [1.807, 2.05) is 24.3 Å². The summed E-state index contributed by atoms with van der Waals surface area (Å²) in [6.45, 7) is 2.29. The van der Waals surface area contributed by atoms with Gasteiger partial charge in [0.15, 0.2) is 0 Å². The molecule has 0 aromatic heterocycles. The third-order valence-electron chi connectivity index (χ3n) is 6.10. The second kappa shape index (κ2) is 10.8. The third-order valence-corrected chi connectivity index (χ3v) is 6.10. The van der Waals surface area contributed by atoms with Gasteiger partial charge in [0, 0.05) is 24.7 Å². The average molecular weight is 408 g/mol. The van der Waals surface area contributed by atoms with Crippen LogP contribution >= 0.6 is 12.4 Å². The van der Waals surface area contributed by atoms with Crippen LogP contribution in [0.3, 0.4) is 0 Å². The number of carbonyl (C=O) groups excluding carboxylic acids is 1. The number of carbonyl (C=O) groups is 1. The minimum absolute atomic E-state index is 0. The van der Waals surface area contributed by atoms with Crippen LogP contribution in [0, 0.1) is 11.3 Å². The highest BCUT2D eigenvalue weighted by Gasteiger charge is 2.33. The van der Waals surface area contributed by atoms with Crippen LogP contribution in [0.25, 0.3) is 0 Å². The normalized spacial score (nSPS) is 21.7. The molecule has 3 rings (SSSR count). The summed E-state index contributed by atoms with van der Waals surface area (Å²) >= 11 is 0. The first-order valence-corrected chi connectivity index (χ1v) is 10.3. The van der Waals surface area contributed by atoms with Crippen LogP contribution in [-0.2, 0) is 11.3 Å². The topological polar surface area (TPSA) is 108 Å². The Bertz CT molecular complexity index is 645.